The molecule has 1 aromatic rings. The van der Waals surface area contributed by atoms with Gasteiger partial charge >= 0.3 is 0 Å². The van der Waals surface area contributed by atoms with E-state index in [9.17, 15) is 4.79 Å². The van der Waals surface area contributed by atoms with Gasteiger partial charge in [-0.3, -0.25) is 4.79 Å². The van der Waals surface area contributed by atoms with E-state index in [4.69, 9.17) is 9.47 Å². The summed E-state index contributed by atoms with van der Waals surface area (Å²) in [5.41, 5.74) is 0.630. The third-order valence-corrected chi connectivity index (χ3v) is 3.66. The number of carbonyl (C=O) groups excluding carboxylic acids is 1. The van der Waals surface area contributed by atoms with Gasteiger partial charge in [0.1, 0.15) is 11.5 Å². The maximum Gasteiger partial charge on any atom is 0.254 e. The summed E-state index contributed by atoms with van der Waals surface area (Å²) in [6.45, 7) is 2.94. The van der Waals surface area contributed by atoms with Crippen molar-refractivity contribution in [2.24, 2.45) is 0 Å². The first kappa shape index (κ1) is 13.7. The topological polar surface area (TPSA) is 38.8 Å². The summed E-state index contributed by atoms with van der Waals surface area (Å²) in [4.78, 5) is 14.5. The van der Waals surface area contributed by atoms with Crippen LogP contribution in [0.5, 0.6) is 11.5 Å². The number of likely N-dealkylation sites (tertiary alicyclic amines) is 1. The molecule has 1 aliphatic rings. The Morgan fingerprint density at radius 2 is 1.79 bits per heavy atom. The molecule has 1 aromatic carbocycles. The number of ether oxygens (including phenoxy) is 2. The third kappa shape index (κ3) is 3.00. The van der Waals surface area contributed by atoms with Crippen LogP contribution in [0.4, 0.5) is 0 Å². The fraction of sp³-hybridized carbons (Fsp3) is 0.533. The quantitative estimate of drug-likeness (QED) is 0.841. The molecule has 1 amide bonds. The van der Waals surface area contributed by atoms with Crippen LogP contribution in [-0.2, 0) is 0 Å². The highest BCUT2D eigenvalue weighted by Gasteiger charge is 2.24. The minimum atomic E-state index is 0.0596. The van der Waals surface area contributed by atoms with Gasteiger partial charge in [0.05, 0.1) is 14.2 Å². The Morgan fingerprint density at radius 1 is 1.16 bits per heavy atom. The summed E-state index contributed by atoms with van der Waals surface area (Å²) >= 11 is 0. The average molecular weight is 263 g/mol. The van der Waals surface area contributed by atoms with Gasteiger partial charge in [-0.25, -0.2) is 0 Å². The molecule has 0 aliphatic carbocycles. The van der Waals surface area contributed by atoms with Crippen molar-refractivity contribution in [2.75, 3.05) is 20.8 Å². The number of piperidine rings is 1. The van der Waals surface area contributed by atoms with Gasteiger partial charge in [-0.1, -0.05) is 0 Å². The highest BCUT2D eigenvalue weighted by molar-refractivity contribution is 5.95. The highest BCUT2D eigenvalue weighted by atomic mass is 16.5. The summed E-state index contributed by atoms with van der Waals surface area (Å²) in [5, 5.41) is 0. The van der Waals surface area contributed by atoms with Crippen molar-refractivity contribution in [3.63, 3.8) is 0 Å². The van der Waals surface area contributed by atoms with E-state index in [2.05, 4.69) is 6.92 Å². The van der Waals surface area contributed by atoms with Crippen LogP contribution in [0.15, 0.2) is 18.2 Å². The predicted molar refractivity (Wildman–Crippen MR) is 73.9 cm³/mol. The molecule has 1 saturated heterocycles. The van der Waals surface area contributed by atoms with Crippen molar-refractivity contribution < 1.29 is 14.3 Å². The van der Waals surface area contributed by atoms with Gasteiger partial charge in [-0.05, 0) is 38.3 Å². The zero-order valence-corrected chi connectivity index (χ0v) is 11.8. The molecule has 19 heavy (non-hydrogen) atoms. The van der Waals surface area contributed by atoms with Gasteiger partial charge in [0.2, 0.25) is 0 Å². The molecule has 0 radical (unpaired) electrons. The van der Waals surface area contributed by atoms with Gasteiger partial charge in [-0.2, -0.15) is 0 Å². The Morgan fingerprint density at radius 3 is 2.32 bits per heavy atom. The van der Waals surface area contributed by atoms with E-state index in [0.717, 1.165) is 19.4 Å². The number of rotatable bonds is 3. The van der Waals surface area contributed by atoms with Crippen LogP contribution in [0.25, 0.3) is 0 Å². The number of nitrogens with zero attached hydrogens (tertiary/aromatic N) is 1. The summed E-state index contributed by atoms with van der Waals surface area (Å²) < 4.78 is 10.4. The Hall–Kier alpha value is -1.71. The first-order valence-electron chi connectivity index (χ1n) is 6.69. The summed E-state index contributed by atoms with van der Waals surface area (Å²) in [6.07, 6.45) is 3.36. The van der Waals surface area contributed by atoms with Gasteiger partial charge in [0, 0.05) is 24.2 Å². The van der Waals surface area contributed by atoms with Crippen LogP contribution in [0.2, 0.25) is 0 Å². The molecule has 2 rings (SSSR count). The normalized spacial score (nSPS) is 19.1. The lowest BCUT2D eigenvalue weighted by atomic mass is 10.0. The van der Waals surface area contributed by atoms with Crippen LogP contribution in [0.3, 0.4) is 0 Å². The largest absolute Gasteiger partial charge is 0.497 e. The summed E-state index contributed by atoms with van der Waals surface area (Å²) in [7, 11) is 3.18. The minimum Gasteiger partial charge on any atom is -0.497 e. The maximum atomic E-state index is 12.6. The predicted octanol–water partition coefficient (Wildman–Crippen LogP) is 2.72. The maximum absolute atomic E-state index is 12.6. The second kappa shape index (κ2) is 5.95. The molecule has 4 nitrogen and oxygen atoms in total. The molecule has 1 atom stereocenters. The lowest BCUT2D eigenvalue weighted by molar-refractivity contribution is 0.0635. The molecule has 4 heteroatoms. The molecular weight excluding hydrogens is 242 g/mol. The van der Waals surface area contributed by atoms with Crippen molar-refractivity contribution in [2.45, 2.75) is 32.2 Å². The molecule has 0 saturated carbocycles. The average Bonchev–Trinajstić information content (AvgIpc) is 2.46. The molecule has 1 heterocycles. The minimum absolute atomic E-state index is 0.0596. The van der Waals surface area contributed by atoms with E-state index in [1.807, 2.05) is 4.90 Å². The fourth-order valence-electron chi connectivity index (χ4n) is 2.50. The van der Waals surface area contributed by atoms with Gasteiger partial charge in [-0.15, -0.1) is 0 Å². The van der Waals surface area contributed by atoms with Crippen molar-refractivity contribution in [1.82, 2.24) is 4.90 Å². The Labute approximate surface area is 114 Å². The number of amides is 1. The Balaban J connectivity index is 2.26. The molecule has 1 fully saturated rings. The third-order valence-electron chi connectivity index (χ3n) is 3.66. The molecule has 0 unspecified atom stereocenters. The van der Waals surface area contributed by atoms with E-state index >= 15 is 0 Å². The summed E-state index contributed by atoms with van der Waals surface area (Å²) in [6, 6.07) is 5.62. The van der Waals surface area contributed by atoms with E-state index in [0.29, 0.717) is 23.1 Å². The van der Waals surface area contributed by atoms with Crippen molar-refractivity contribution in [3.8, 4) is 11.5 Å². The van der Waals surface area contributed by atoms with Crippen LogP contribution in [-0.4, -0.2) is 37.6 Å². The number of benzene rings is 1. The van der Waals surface area contributed by atoms with Crippen molar-refractivity contribution in [1.29, 1.82) is 0 Å². The first-order chi connectivity index (χ1) is 9.15. The van der Waals surface area contributed by atoms with Crippen molar-refractivity contribution in [3.05, 3.63) is 23.8 Å². The zero-order valence-electron chi connectivity index (χ0n) is 11.8. The van der Waals surface area contributed by atoms with Crippen LogP contribution in [0, 0.1) is 0 Å². The smallest absolute Gasteiger partial charge is 0.254 e. The Bertz CT molecular complexity index is 436. The van der Waals surface area contributed by atoms with Crippen LogP contribution in [0.1, 0.15) is 36.5 Å². The lowest BCUT2D eigenvalue weighted by Gasteiger charge is -2.33. The zero-order chi connectivity index (χ0) is 13.8. The molecular formula is C15H21NO3. The van der Waals surface area contributed by atoms with Crippen LogP contribution >= 0.6 is 0 Å². The lowest BCUT2D eigenvalue weighted by Crippen LogP contribution is -2.42. The molecule has 0 spiro atoms. The van der Waals surface area contributed by atoms with Gasteiger partial charge < -0.3 is 14.4 Å². The number of hydrogen-bond donors (Lipinski definition) is 0. The van der Waals surface area contributed by atoms with E-state index in [-0.39, 0.29) is 5.91 Å². The van der Waals surface area contributed by atoms with E-state index in [1.165, 1.54) is 6.42 Å². The second-order valence-electron chi connectivity index (χ2n) is 4.94. The number of methoxy groups -OCH3 is 2. The highest BCUT2D eigenvalue weighted by Crippen LogP contribution is 2.25. The van der Waals surface area contributed by atoms with E-state index in [1.54, 1.807) is 32.4 Å². The first-order valence-corrected chi connectivity index (χ1v) is 6.69. The van der Waals surface area contributed by atoms with Gasteiger partial charge in [0.25, 0.3) is 5.91 Å². The SMILES string of the molecule is COc1cc(OC)cc(C(=O)N2CCCC[C@H]2C)c1. The monoisotopic (exact) mass is 263 g/mol. The van der Waals surface area contributed by atoms with Crippen LogP contribution < -0.4 is 9.47 Å². The summed E-state index contributed by atoms with van der Waals surface area (Å²) in [5.74, 6) is 1.35. The fourth-order valence-corrected chi connectivity index (χ4v) is 2.50. The molecule has 0 aromatic heterocycles. The number of hydrogen-bond acceptors (Lipinski definition) is 3. The van der Waals surface area contributed by atoms with Gasteiger partial charge in [0.15, 0.2) is 0 Å². The molecule has 1 aliphatic heterocycles. The standard InChI is InChI=1S/C15H21NO3/c1-11-6-4-5-7-16(11)15(17)12-8-13(18-2)10-14(9-12)19-3/h8-11H,4-7H2,1-3H3/t11-/m1/s1. The van der Waals surface area contributed by atoms with Crippen molar-refractivity contribution >= 4 is 5.91 Å². The number of carbonyl (C=O) groups is 1. The molecule has 0 N–H and O–H groups in total. The molecule has 0 bridgehead atoms. The van der Waals surface area contributed by atoms with E-state index < -0.39 is 0 Å². The second-order valence-corrected chi connectivity index (χ2v) is 4.94. The Kier molecular flexibility index (Phi) is 4.30. The molecule has 104 valence electrons.